The van der Waals surface area contributed by atoms with E-state index >= 15 is 0 Å². The number of amidine groups is 1. The molecule has 3 amide bonds. The van der Waals surface area contributed by atoms with Gasteiger partial charge in [-0.3, -0.25) is 14.8 Å². The van der Waals surface area contributed by atoms with Crippen molar-refractivity contribution in [2.45, 2.75) is 25.4 Å². The van der Waals surface area contributed by atoms with E-state index in [1.54, 1.807) is 24.9 Å². The molecule has 144 valence electrons. The Bertz CT molecular complexity index is 952. The SMILES string of the molecule is COc1cccc(CN=C2SC(=Cc3cncs3)C(=O)N2C(=O)NC2CC2)c1. The van der Waals surface area contributed by atoms with Crippen LogP contribution in [0.3, 0.4) is 0 Å². The van der Waals surface area contributed by atoms with E-state index in [1.807, 2.05) is 24.3 Å². The number of methoxy groups -OCH3 is 1. The summed E-state index contributed by atoms with van der Waals surface area (Å²) in [4.78, 5) is 36.5. The quantitative estimate of drug-likeness (QED) is 0.757. The van der Waals surface area contributed by atoms with Crippen LogP contribution >= 0.6 is 23.1 Å². The van der Waals surface area contributed by atoms with Crippen LogP contribution < -0.4 is 10.1 Å². The minimum absolute atomic E-state index is 0.152. The minimum Gasteiger partial charge on any atom is -0.497 e. The Hall–Kier alpha value is -2.65. The summed E-state index contributed by atoms with van der Waals surface area (Å²) < 4.78 is 5.23. The van der Waals surface area contributed by atoms with E-state index in [9.17, 15) is 9.59 Å². The molecule has 0 atom stereocenters. The number of nitrogens with zero attached hydrogens (tertiary/aromatic N) is 3. The molecule has 0 bridgehead atoms. The summed E-state index contributed by atoms with van der Waals surface area (Å²) in [6, 6.07) is 7.28. The number of hydrogen-bond acceptors (Lipinski definition) is 7. The number of carbonyl (C=O) groups excluding carboxylic acids is 2. The van der Waals surface area contributed by atoms with Gasteiger partial charge in [0, 0.05) is 17.1 Å². The maximum Gasteiger partial charge on any atom is 0.330 e. The fraction of sp³-hybridized carbons (Fsp3) is 0.263. The van der Waals surface area contributed by atoms with Crippen LogP contribution in [0.5, 0.6) is 5.75 Å². The average Bonchev–Trinajstić information content (AvgIpc) is 3.25. The highest BCUT2D eigenvalue weighted by atomic mass is 32.2. The van der Waals surface area contributed by atoms with Crippen molar-refractivity contribution in [3.05, 3.63) is 51.3 Å². The number of ether oxygens (including phenoxy) is 1. The van der Waals surface area contributed by atoms with Crippen molar-refractivity contribution < 1.29 is 14.3 Å². The normalized spacial score (nSPS) is 19.5. The smallest absolute Gasteiger partial charge is 0.330 e. The number of nitrogens with one attached hydrogen (secondary N) is 1. The lowest BCUT2D eigenvalue weighted by Gasteiger charge is -2.14. The van der Waals surface area contributed by atoms with Crippen LogP contribution in [0, 0.1) is 0 Å². The Morgan fingerprint density at radius 1 is 1.46 bits per heavy atom. The first-order chi connectivity index (χ1) is 13.6. The zero-order valence-electron chi connectivity index (χ0n) is 15.1. The number of imide groups is 1. The molecular weight excluding hydrogens is 396 g/mol. The monoisotopic (exact) mass is 414 g/mol. The van der Waals surface area contributed by atoms with Crippen molar-refractivity contribution in [2.24, 2.45) is 4.99 Å². The van der Waals surface area contributed by atoms with Crippen LogP contribution in [0.4, 0.5) is 4.79 Å². The molecule has 2 aliphatic rings. The van der Waals surface area contributed by atoms with E-state index in [4.69, 9.17) is 4.74 Å². The highest BCUT2D eigenvalue weighted by molar-refractivity contribution is 8.18. The largest absolute Gasteiger partial charge is 0.497 e. The standard InChI is InChI=1S/C19H18N4O3S2/c1-26-14-4-2-3-12(7-14)9-21-19-23(18(25)22-13-5-6-13)17(24)16(28-19)8-15-10-20-11-27-15/h2-4,7-8,10-11,13H,5-6,9H2,1H3,(H,22,25). The van der Waals surface area contributed by atoms with Crippen molar-refractivity contribution in [3.8, 4) is 5.75 Å². The molecule has 2 fully saturated rings. The van der Waals surface area contributed by atoms with Crippen LogP contribution in [-0.4, -0.2) is 40.1 Å². The number of hydrogen-bond donors (Lipinski definition) is 1. The Balaban J connectivity index is 1.59. The molecule has 2 aromatic rings. The Kier molecular flexibility index (Phi) is 5.45. The lowest BCUT2D eigenvalue weighted by molar-refractivity contribution is -0.120. The van der Waals surface area contributed by atoms with Gasteiger partial charge in [-0.15, -0.1) is 11.3 Å². The lowest BCUT2D eigenvalue weighted by Crippen LogP contribution is -2.44. The summed E-state index contributed by atoms with van der Waals surface area (Å²) >= 11 is 2.64. The lowest BCUT2D eigenvalue weighted by atomic mass is 10.2. The second-order valence-electron chi connectivity index (χ2n) is 6.33. The molecule has 1 aromatic carbocycles. The molecule has 1 saturated heterocycles. The topological polar surface area (TPSA) is 83.9 Å². The van der Waals surface area contributed by atoms with E-state index in [-0.39, 0.29) is 11.9 Å². The van der Waals surface area contributed by atoms with Gasteiger partial charge in [0.15, 0.2) is 5.17 Å². The molecule has 1 saturated carbocycles. The van der Waals surface area contributed by atoms with Crippen molar-refractivity contribution in [1.82, 2.24) is 15.2 Å². The molecule has 0 unspecified atom stereocenters. The first kappa shape index (κ1) is 18.7. The number of amides is 3. The maximum atomic E-state index is 12.9. The van der Waals surface area contributed by atoms with Gasteiger partial charge in [-0.25, -0.2) is 9.69 Å². The van der Waals surface area contributed by atoms with Crippen molar-refractivity contribution in [2.75, 3.05) is 7.11 Å². The minimum atomic E-state index is -0.419. The van der Waals surface area contributed by atoms with Gasteiger partial charge in [0.25, 0.3) is 5.91 Å². The number of rotatable bonds is 5. The third-order valence-electron chi connectivity index (χ3n) is 4.17. The number of thioether (sulfide) groups is 1. The van der Waals surface area contributed by atoms with Crippen molar-refractivity contribution in [3.63, 3.8) is 0 Å². The van der Waals surface area contributed by atoms with Gasteiger partial charge < -0.3 is 10.1 Å². The summed E-state index contributed by atoms with van der Waals surface area (Å²) in [7, 11) is 1.61. The van der Waals surface area contributed by atoms with Gasteiger partial charge in [-0.1, -0.05) is 12.1 Å². The predicted molar refractivity (Wildman–Crippen MR) is 110 cm³/mol. The van der Waals surface area contributed by atoms with E-state index < -0.39 is 6.03 Å². The molecular formula is C19H18N4O3S2. The van der Waals surface area contributed by atoms with E-state index in [2.05, 4.69) is 15.3 Å². The van der Waals surface area contributed by atoms with Crippen LogP contribution in [0.25, 0.3) is 6.08 Å². The molecule has 28 heavy (non-hydrogen) atoms. The van der Waals surface area contributed by atoms with E-state index in [0.717, 1.165) is 33.9 Å². The first-order valence-corrected chi connectivity index (χ1v) is 10.4. The zero-order valence-corrected chi connectivity index (χ0v) is 16.8. The van der Waals surface area contributed by atoms with Crippen LogP contribution in [0.2, 0.25) is 0 Å². The average molecular weight is 415 g/mol. The predicted octanol–water partition coefficient (Wildman–Crippen LogP) is 3.50. The maximum absolute atomic E-state index is 12.9. The molecule has 1 aliphatic heterocycles. The molecule has 2 heterocycles. The number of aromatic nitrogens is 1. The molecule has 1 aliphatic carbocycles. The zero-order chi connectivity index (χ0) is 19.5. The fourth-order valence-electron chi connectivity index (χ4n) is 2.58. The molecule has 4 rings (SSSR count). The highest BCUT2D eigenvalue weighted by Crippen LogP contribution is 2.34. The van der Waals surface area contributed by atoms with Crippen LogP contribution in [-0.2, 0) is 11.3 Å². The summed E-state index contributed by atoms with van der Waals surface area (Å²) in [6.07, 6.45) is 5.32. The number of thiazole rings is 1. The van der Waals surface area contributed by atoms with E-state index in [0.29, 0.717) is 16.6 Å². The van der Waals surface area contributed by atoms with Gasteiger partial charge in [-0.05, 0) is 48.4 Å². The van der Waals surface area contributed by atoms with Crippen LogP contribution in [0.15, 0.2) is 45.9 Å². The second kappa shape index (κ2) is 8.15. The summed E-state index contributed by atoms with van der Waals surface area (Å²) in [5.74, 6) is 0.378. The number of aliphatic imine (C=N–C) groups is 1. The Morgan fingerprint density at radius 3 is 3.04 bits per heavy atom. The molecule has 1 aromatic heterocycles. The molecule has 0 radical (unpaired) electrons. The number of carbonyl (C=O) groups is 2. The van der Waals surface area contributed by atoms with Gasteiger partial charge in [0.05, 0.1) is 24.1 Å². The van der Waals surface area contributed by atoms with Crippen molar-refractivity contribution >= 4 is 46.3 Å². The molecule has 0 spiro atoms. The Morgan fingerprint density at radius 2 is 2.32 bits per heavy atom. The summed E-state index contributed by atoms with van der Waals surface area (Å²) in [5, 5.41) is 3.24. The van der Waals surface area contributed by atoms with Crippen molar-refractivity contribution in [1.29, 1.82) is 0 Å². The Labute approximate surface area is 170 Å². The van der Waals surface area contributed by atoms with Gasteiger partial charge in [0.2, 0.25) is 0 Å². The second-order valence-corrected chi connectivity index (χ2v) is 8.26. The highest BCUT2D eigenvalue weighted by Gasteiger charge is 2.39. The fourth-order valence-corrected chi connectivity index (χ4v) is 4.15. The molecule has 1 N–H and O–H groups in total. The third-order valence-corrected chi connectivity index (χ3v) is 5.90. The van der Waals surface area contributed by atoms with E-state index in [1.165, 1.54) is 23.1 Å². The first-order valence-electron chi connectivity index (χ1n) is 8.74. The third kappa shape index (κ3) is 4.26. The molecule has 7 nitrogen and oxygen atoms in total. The summed E-state index contributed by atoms with van der Waals surface area (Å²) in [5.41, 5.74) is 2.63. The van der Waals surface area contributed by atoms with Crippen LogP contribution in [0.1, 0.15) is 23.3 Å². The summed E-state index contributed by atoms with van der Waals surface area (Å²) in [6.45, 7) is 0.341. The van der Waals surface area contributed by atoms with Gasteiger partial charge >= 0.3 is 6.03 Å². The van der Waals surface area contributed by atoms with Gasteiger partial charge in [-0.2, -0.15) is 0 Å². The molecule has 9 heteroatoms. The number of urea groups is 1. The van der Waals surface area contributed by atoms with Gasteiger partial charge in [0.1, 0.15) is 5.75 Å². The number of benzene rings is 1.